The lowest BCUT2D eigenvalue weighted by atomic mass is 9.68. The molecule has 0 aliphatic heterocycles. The summed E-state index contributed by atoms with van der Waals surface area (Å²) in [5.74, 6) is 2.51. The Morgan fingerprint density at radius 1 is 1.05 bits per heavy atom. The van der Waals surface area contributed by atoms with Crippen molar-refractivity contribution in [3.05, 3.63) is 0 Å². The fourth-order valence-electron chi connectivity index (χ4n) is 4.17. The minimum Gasteiger partial charge on any atom is -0.374 e. The van der Waals surface area contributed by atoms with E-state index in [4.69, 9.17) is 4.74 Å². The first-order chi connectivity index (χ1) is 9.54. The monoisotopic (exact) mass is 283 g/mol. The van der Waals surface area contributed by atoms with Crippen molar-refractivity contribution in [1.82, 2.24) is 5.32 Å². The van der Waals surface area contributed by atoms with Gasteiger partial charge >= 0.3 is 0 Å². The van der Waals surface area contributed by atoms with Gasteiger partial charge in [0.1, 0.15) is 0 Å². The van der Waals surface area contributed by atoms with E-state index in [1.54, 1.807) is 0 Å². The summed E-state index contributed by atoms with van der Waals surface area (Å²) in [6.07, 6.45) is 6.31. The van der Waals surface area contributed by atoms with Gasteiger partial charge in [0, 0.05) is 12.6 Å². The van der Waals surface area contributed by atoms with E-state index in [0.717, 1.165) is 43.7 Å². The molecule has 0 radical (unpaired) electrons. The summed E-state index contributed by atoms with van der Waals surface area (Å²) >= 11 is 0. The average Bonchev–Trinajstić information content (AvgIpc) is 2.46. The minimum atomic E-state index is 0.0235. The molecule has 2 heteroatoms. The SMILES string of the molecule is CCNC(C1CCC(C)C(C)C1)C(CC)(CC)OCC. The molecule has 2 nitrogen and oxygen atoms in total. The van der Waals surface area contributed by atoms with Gasteiger partial charge in [-0.25, -0.2) is 0 Å². The molecule has 0 aromatic carbocycles. The summed E-state index contributed by atoms with van der Waals surface area (Å²) < 4.78 is 6.30. The molecular weight excluding hydrogens is 246 g/mol. The second-order valence-corrected chi connectivity index (χ2v) is 6.77. The highest BCUT2D eigenvalue weighted by atomic mass is 16.5. The van der Waals surface area contributed by atoms with E-state index >= 15 is 0 Å². The molecule has 0 saturated heterocycles. The summed E-state index contributed by atoms with van der Waals surface area (Å²) in [7, 11) is 0. The predicted molar refractivity (Wildman–Crippen MR) is 88.1 cm³/mol. The topological polar surface area (TPSA) is 21.3 Å². The van der Waals surface area contributed by atoms with Crippen molar-refractivity contribution in [3.8, 4) is 0 Å². The molecule has 1 aliphatic carbocycles. The van der Waals surface area contributed by atoms with Crippen LogP contribution in [0.4, 0.5) is 0 Å². The molecule has 0 aromatic rings. The molecule has 1 saturated carbocycles. The Bertz CT molecular complexity index is 262. The molecule has 120 valence electrons. The third-order valence-corrected chi connectivity index (χ3v) is 5.73. The van der Waals surface area contributed by atoms with Crippen LogP contribution in [0.25, 0.3) is 0 Å². The maximum absolute atomic E-state index is 6.30. The lowest BCUT2D eigenvalue weighted by Crippen LogP contribution is -2.56. The number of hydrogen-bond acceptors (Lipinski definition) is 2. The van der Waals surface area contributed by atoms with Crippen molar-refractivity contribution in [2.75, 3.05) is 13.2 Å². The van der Waals surface area contributed by atoms with Gasteiger partial charge in [0.2, 0.25) is 0 Å². The number of hydrogen-bond donors (Lipinski definition) is 1. The van der Waals surface area contributed by atoms with Gasteiger partial charge in [-0.05, 0) is 56.9 Å². The summed E-state index contributed by atoms with van der Waals surface area (Å²) in [5.41, 5.74) is 0.0235. The van der Waals surface area contributed by atoms with E-state index in [1.165, 1.54) is 19.3 Å². The maximum atomic E-state index is 6.30. The smallest absolute Gasteiger partial charge is 0.0832 e. The number of rotatable bonds is 8. The summed E-state index contributed by atoms with van der Waals surface area (Å²) in [6.45, 7) is 15.6. The molecule has 20 heavy (non-hydrogen) atoms. The zero-order chi connectivity index (χ0) is 15.2. The highest BCUT2D eigenvalue weighted by molar-refractivity contribution is 4.97. The fourth-order valence-corrected chi connectivity index (χ4v) is 4.17. The van der Waals surface area contributed by atoms with Crippen molar-refractivity contribution in [2.45, 2.75) is 85.3 Å². The number of likely N-dealkylation sites (N-methyl/N-ethyl adjacent to an activating group) is 1. The van der Waals surface area contributed by atoms with E-state index < -0.39 is 0 Å². The lowest BCUT2D eigenvalue weighted by molar-refractivity contribution is -0.0918. The molecule has 4 unspecified atom stereocenters. The van der Waals surface area contributed by atoms with Gasteiger partial charge in [-0.3, -0.25) is 0 Å². The van der Waals surface area contributed by atoms with Gasteiger partial charge in [-0.2, -0.15) is 0 Å². The second-order valence-electron chi connectivity index (χ2n) is 6.77. The van der Waals surface area contributed by atoms with Crippen molar-refractivity contribution in [2.24, 2.45) is 17.8 Å². The average molecular weight is 284 g/mol. The Balaban J connectivity index is 2.90. The van der Waals surface area contributed by atoms with Crippen molar-refractivity contribution in [1.29, 1.82) is 0 Å². The van der Waals surface area contributed by atoms with E-state index in [-0.39, 0.29) is 5.60 Å². The normalized spacial score (nSPS) is 29.4. The zero-order valence-corrected chi connectivity index (χ0v) is 14.7. The highest BCUT2D eigenvalue weighted by Gasteiger charge is 2.42. The fraction of sp³-hybridized carbons (Fsp3) is 1.00. The van der Waals surface area contributed by atoms with Crippen LogP contribution in [-0.2, 0) is 4.74 Å². The Morgan fingerprint density at radius 3 is 2.15 bits per heavy atom. The molecule has 4 atom stereocenters. The van der Waals surface area contributed by atoms with Crippen molar-refractivity contribution < 1.29 is 4.74 Å². The molecule has 1 N–H and O–H groups in total. The van der Waals surface area contributed by atoms with E-state index in [2.05, 4.69) is 46.9 Å². The zero-order valence-electron chi connectivity index (χ0n) is 14.7. The number of ether oxygens (including phenoxy) is 1. The second kappa shape index (κ2) is 8.38. The molecular formula is C18H37NO. The van der Waals surface area contributed by atoms with Crippen LogP contribution in [0.2, 0.25) is 0 Å². The molecule has 0 spiro atoms. The largest absolute Gasteiger partial charge is 0.374 e. The Kier molecular flexibility index (Phi) is 7.53. The molecule has 0 bridgehead atoms. The minimum absolute atomic E-state index is 0.0235. The molecule has 0 heterocycles. The summed E-state index contributed by atoms with van der Waals surface area (Å²) in [6, 6.07) is 0.511. The molecule has 1 rings (SSSR count). The molecule has 0 amide bonds. The van der Waals surface area contributed by atoms with Crippen molar-refractivity contribution in [3.63, 3.8) is 0 Å². The van der Waals surface area contributed by atoms with Crippen LogP contribution in [0.15, 0.2) is 0 Å². The quantitative estimate of drug-likeness (QED) is 0.701. The first-order valence-electron chi connectivity index (χ1n) is 8.91. The Morgan fingerprint density at radius 2 is 1.70 bits per heavy atom. The van der Waals surface area contributed by atoms with Crippen LogP contribution in [0.1, 0.15) is 73.6 Å². The molecule has 0 aromatic heterocycles. The van der Waals surface area contributed by atoms with E-state index in [0.29, 0.717) is 6.04 Å². The van der Waals surface area contributed by atoms with Crippen LogP contribution in [0.5, 0.6) is 0 Å². The standard InChI is InChI=1S/C18H37NO/c1-7-18(8-2,20-10-4)17(19-9-3)16-12-11-14(5)15(6)13-16/h14-17,19H,7-13H2,1-6H3. The first-order valence-corrected chi connectivity index (χ1v) is 8.91. The summed E-state index contributed by atoms with van der Waals surface area (Å²) in [4.78, 5) is 0. The van der Waals surface area contributed by atoms with Crippen molar-refractivity contribution >= 4 is 0 Å². The van der Waals surface area contributed by atoms with Gasteiger partial charge < -0.3 is 10.1 Å². The van der Waals surface area contributed by atoms with Crippen LogP contribution in [0, 0.1) is 17.8 Å². The molecule has 1 fully saturated rings. The van der Waals surface area contributed by atoms with Gasteiger partial charge in [-0.1, -0.05) is 41.0 Å². The first kappa shape index (κ1) is 18.0. The van der Waals surface area contributed by atoms with E-state index in [1.807, 2.05) is 0 Å². The molecule has 1 aliphatic rings. The van der Waals surface area contributed by atoms with Crippen LogP contribution in [0.3, 0.4) is 0 Å². The Labute approximate surface area is 127 Å². The number of nitrogens with one attached hydrogen (secondary N) is 1. The van der Waals surface area contributed by atoms with Gasteiger partial charge in [0.25, 0.3) is 0 Å². The van der Waals surface area contributed by atoms with E-state index in [9.17, 15) is 0 Å². The Hall–Kier alpha value is -0.0800. The van der Waals surface area contributed by atoms with Gasteiger partial charge in [0.05, 0.1) is 5.60 Å². The van der Waals surface area contributed by atoms with Crippen LogP contribution >= 0.6 is 0 Å². The summed E-state index contributed by atoms with van der Waals surface area (Å²) in [5, 5.41) is 3.79. The maximum Gasteiger partial charge on any atom is 0.0832 e. The third-order valence-electron chi connectivity index (χ3n) is 5.73. The lowest BCUT2D eigenvalue weighted by Gasteiger charge is -2.47. The predicted octanol–water partition coefficient (Wildman–Crippen LogP) is 4.63. The van der Waals surface area contributed by atoms with Crippen LogP contribution in [-0.4, -0.2) is 24.8 Å². The highest BCUT2D eigenvalue weighted by Crippen LogP contribution is 2.40. The van der Waals surface area contributed by atoms with Gasteiger partial charge in [-0.15, -0.1) is 0 Å². The van der Waals surface area contributed by atoms with Crippen LogP contribution < -0.4 is 5.32 Å². The van der Waals surface area contributed by atoms with Gasteiger partial charge in [0.15, 0.2) is 0 Å². The third kappa shape index (κ3) is 3.98.